The summed E-state index contributed by atoms with van der Waals surface area (Å²) in [7, 11) is 0. The molecule has 0 radical (unpaired) electrons. The molecule has 2 nitrogen and oxygen atoms in total. The monoisotopic (exact) mass is 532 g/mol. The number of para-hydroxylation sites is 2. The van der Waals surface area contributed by atoms with Crippen LogP contribution in [0.5, 0.6) is 0 Å². The van der Waals surface area contributed by atoms with Crippen LogP contribution in [0, 0.1) is 0 Å². The van der Waals surface area contributed by atoms with Crippen LogP contribution in [0.3, 0.4) is 0 Å². The highest BCUT2D eigenvalue weighted by molar-refractivity contribution is 5.74. The largest absolute Gasteiger partial charge is 0.416 e. The number of anilines is 2. The normalized spacial score (nSPS) is 16.6. The van der Waals surface area contributed by atoms with E-state index in [0.29, 0.717) is 16.9 Å². The lowest BCUT2D eigenvalue weighted by atomic mass is 9.96. The van der Waals surface area contributed by atoms with E-state index in [1.54, 1.807) is 29.2 Å². The fraction of sp³-hybridized carbons (Fsp3) is 0.308. The second-order valence-corrected chi connectivity index (χ2v) is 8.76. The number of hydrogen-bond donors (Lipinski definition) is 0. The third-order valence-corrected chi connectivity index (χ3v) is 6.16. The van der Waals surface area contributed by atoms with Gasteiger partial charge in [-0.05, 0) is 47.5 Å². The summed E-state index contributed by atoms with van der Waals surface area (Å²) in [5.74, 6) is 0. The highest BCUT2D eigenvalue weighted by Crippen LogP contribution is 2.43. The summed E-state index contributed by atoms with van der Waals surface area (Å²) in [4.78, 5) is 3.10. The lowest BCUT2D eigenvalue weighted by molar-refractivity contribution is -0.138. The van der Waals surface area contributed by atoms with Crippen LogP contribution in [0.4, 0.5) is 50.9 Å². The van der Waals surface area contributed by atoms with Gasteiger partial charge < -0.3 is 9.80 Å². The fourth-order valence-corrected chi connectivity index (χ4v) is 4.50. The molecule has 1 atom stereocenters. The first-order chi connectivity index (χ1) is 17.2. The molecule has 0 fully saturated rings. The molecule has 3 aromatic carbocycles. The van der Waals surface area contributed by atoms with Crippen LogP contribution in [0.2, 0.25) is 0 Å². The molecule has 0 aliphatic carbocycles. The molecular weight excluding hydrogens is 511 g/mol. The fourth-order valence-electron chi connectivity index (χ4n) is 4.50. The van der Waals surface area contributed by atoms with E-state index in [0.717, 1.165) is 24.3 Å². The van der Waals surface area contributed by atoms with E-state index in [1.165, 1.54) is 29.2 Å². The molecule has 0 N–H and O–H groups in total. The number of alkyl halides is 9. The van der Waals surface area contributed by atoms with Crippen molar-refractivity contribution in [3.05, 3.63) is 95.1 Å². The zero-order valence-corrected chi connectivity index (χ0v) is 19.1. The minimum atomic E-state index is -4.66. The smallest absolute Gasteiger partial charge is 0.363 e. The molecule has 1 aliphatic heterocycles. The standard InChI is InChI=1S/C26H21F9N2/c27-24(28,29)11-12-37-22-10-2-1-9-21(22)36(15-17-5-3-7-19(13-17)25(30,31)32)16-23(37)18-6-4-8-20(14-18)26(33,34)35/h1-10,13-14,23H,11-12,15-16H2/t23-/m0/s1. The molecule has 0 amide bonds. The zero-order valence-electron chi connectivity index (χ0n) is 19.1. The van der Waals surface area contributed by atoms with Gasteiger partial charge in [0.25, 0.3) is 0 Å². The first-order valence-corrected chi connectivity index (χ1v) is 11.2. The number of hydrogen-bond acceptors (Lipinski definition) is 2. The maximum atomic E-state index is 13.4. The molecule has 0 saturated carbocycles. The van der Waals surface area contributed by atoms with Crippen molar-refractivity contribution in [1.82, 2.24) is 0 Å². The van der Waals surface area contributed by atoms with Crippen LogP contribution in [0.25, 0.3) is 0 Å². The predicted octanol–water partition coefficient (Wildman–Crippen LogP) is 8.24. The Kier molecular flexibility index (Phi) is 7.09. The van der Waals surface area contributed by atoms with E-state index in [4.69, 9.17) is 0 Å². The third-order valence-electron chi connectivity index (χ3n) is 6.16. The summed E-state index contributed by atoms with van der Waals surface area (Å²) < 4.78 is 119. The average Bonchev–Trinajstić information content (AvgIpc) is 2.82. The lowest BCUT2D eigenvalue weighted by Crippen LogP contribution is -2.44. The Balaban J connectivity index is 1.77. The van der Waals surface area contributed by atoms with E-state index < -0.39 is 48.7 Å². The molecule has 1 aliphatic rings. The zero-order chi connectivity index (χ0) is 27.0. The highest BCUT2D eigenvalue weighted by atomic mass is 19.4. The van der Waals surface area contributed by atoms with Crippen molar-refractivity contribution in [2.45, 2.75) is 37.5 Å². The van der Waals surface area contributed by atoms with Gasteiger partial charge in [-0.15, -0.1) is 0 Å². The van der Waals surface area contributed by atoms with Crippen LogP contribution in [0.15, 0.2) is 72.8 Å². The van der Waals surface area contributed by atoms with Gasteiger partial charge in [0, 0.05) is 19.6 Å². The number of benzene rings is 3. The molecule has 0 spiro atoms. The predicted molar refractivity (Wildman–Crippen MR) is 121 cm³/mol. The third kappa shape index (κ3) is 6.31. The van der Waals surface area contributed by atoms with Crippen LogP contribution in [-0.4, -0.2) is 19.3 Å². The number of halogens is 9. The molecule has 0 aromatic heterocycles. The van der Waals surface area contributed by atoms with Crippen molar-refractivity contribution in [2.75, 3.05) is 22.9 Å². The molecule has 0 unspecified atom stereocenters. The van der Waals surface area contributed by atoms with Gasteiger partial charge in [-0.1, -0.05) is 36.4 Å². The number of rotatable bonds is 5. The van der Waals surface area contributed by atoms with E-state index in [9.17, 15) is 39.5 Å². The molecule has 198 valence electrons. The van der Waals surface area contributed by atoms with Gasteiger partial charge in [-0.25, -0.2) is 0 Å². The van der Waals surface area contributed by atoms with Gasteiger partial charge in [-0.2, -0.15) is 39.5 Å². The number of fused-ring (bicyclic) bond motifs is 1. The maximum absolute atomic E-state index is 13.4. The Morgan fingerprint density at radius 3 is 1.89 bits per heavy atom. The molecular formula is C26H21F9N2. The van der Waals surface area contributed by atoms with Gasteiger partial charge >= 0.3 is 18.5 Å². The van der Waals surface area contributed by atoms with Crippen molar-refractivity contribution in [3.8, 4) is 0 Å². The Morgan fingerprint density at radius 1 is 0.676 bits per heavy atom. The van der Waals surface area contributed by atoms with Crippen LogP contribution < -0.4 is 9.80 Å². The van der Waals surface area contributed by atoms with Crippen LogP contribution in [-0.2, 0) is 18.9 Å². The Bertz CT molecular complexity index is 1230. The highest BCUT2D eigenvalue weighted by Gasteiger charge is 2.37. The Hall–Kier alpha value is -3.37. The van der Waals surface area contributed by atoms with E-state index in [2.05, 4.69) is 0 Å². The average molecular weight is 532 g/mol. The molecule has 1 heterocycles. The van der Waals surface area contributed by atoms with Gasteiger partial charge in [0.15, 0.2) is 0 Å². The van der Waals surface area contributed by atoms with Crippen molar-refractivity contribution in [1.29, 1.82) is 0 Å². The summed E-state index contributed by atoms with van der Waals surface area (Å²) in [6.07, 6.45) is -14.9. The number of nitrogens with zero attached hydrogens (tertiary/aromatic N) is 2. The summed E-state index contributed by atoms with van der Waals surface area (Å²) >= 11 is 0. The summed E-state index contributed by atoms with van der Waals surface area (Å²) in [5.41, 5.74) is -0.505. The Labute approximate surface area is 206 Å². The van der Waals surface area contributed by atoms with E-state index in [1.807, 2.05) is 0 Å². The minimum Gasteiger partial charge on any atom is -0.363 e. The molecule has 0 bridgehead atoms. The van der Waals surface area contributed by atoms with Gasteiger partial charge in [0.05, 0.1) is 35.0 Å². The molecule has 11 heteroatoms. The lowest BCUT2D eigenvalue weighted by Gasteiger charge is -2.45. The molecule has 0 saturated heterocycles. The van der Waals surface area contributed by atoms with Gasteiger partial charge in [0.1, 0.15) is 0 Å². The quantitative estimate of drug-likeness (QED) is 0.306. The molecule has 3 aromatic rings. The van der Waals surface area contributed by atoms with Crippen LogP contribution >= 0.6 is 0 Å². The van der Waals surface area contributed by atoms with Crippen molar-refractivity contribution in [3.63, 3.8) is 0 Å². The summed E-state index contributed by atoms with van der Waals surface area (Å²) in [6.45, 7) is -0.561. The summed E-state index contributed by atoms with van der Waals surface area (Å²) in [6, 6.07) is 14.6. The maximum Gasteiger partial charge on any atom is 0.416 e. The molecule has 37 heavy (non-hydrogen) atoms. The summed E-state index contributed by atoms with van der Waals surface area (Å²) in [5, 5.41) is 0. The van der Waals surface area contributed by atoms with Crippen molar-refractivity contribution in [2.24, 2.45) is 0 Å². The van der Waals surface area contributed by atoms with Crippen LogP contribution in [0.1, 0.15) is 34.7 Å². The SMILES string of the molecule is FC(F)(F)CCN1c2ccccc2N(Cc2cccc(C(F)(F)F)c2)C[C@H]1c1cccc(C(F)(F)F)c1. The van der Waals surface area contributed by atoms with E-state index >= 15 is 0 Å². The van der Waals surface area contributed by atoms with E-state index in [-0.39, 0.29) is 18.7 Å². The first kappa shape index (κ1) is 26.7. The Morgan fingerprint density at radius 2 is 1.27 bits per heavy atom. The van der Waals surface area contributed by atoms with Crippen molar-refractivity contribution < 1.29 is 39.5 Å². The van der Waals surface area contributed by atoms with Crippen molar-refractivity contribution >= 4 is 11.4 Å². The second kappa shape index (κ2) is 9.83. The minimum absolute atomic E-state index is 0.0243. The topological polar surface area (TPSA) is 6.48 Å². The molecule has 4 rings (SSSR count). The van der Waals surface area contributed by atoms with Gasteiger partial charge in [-0.3, -0.25) is 0 Å². The van der Waals surface area contributed by atoms with Gasteiger partial charge in [0.2, 0.25) is 0 Å². The second-order valence-electron chi connectivity index (χ2n) is 8.76. The first-order valence-electron chi connectivity index (χ1n) is 11.2.